The number of cyclic esters (lactones) is 1. The molecule has 0 aliphatic carbocycles. The van der Waals surface area contributed by atoms with Crippen LogP contribution in [0.1, 0.15) is 6.42 Å². The van der Waals surface area contributed by atoms with Gasteiger partial charge in [0.15, 0.2) is 11.6 Å². The van der Waals surface area contributed by atoms with Crippen molar-refractivity contribution < 1.29 is 18.3 Å². The minimum atomic E-state index is -1.13. The number of hydrogen-bond donors (Lipinski definition) is 1. The van der Waals surface area contributed by atoms with E-state index in [-0.39, 0.29) is 24.5 Å². The Balaban J connectivity index is 2.46. The SMILES string of the molecule is Nc1ccc(F)c(F)c1N1CCCOC1=O. The molecule has 6 heteroatoms. The predicted octanol–water partition coefficient (Wildman–Crippen LogP) is 1.89. The van der Waals surface area contributed by atoms with Gasteiger partial charge in [0.1, 0.15) is 5.69 Å². The van der Waals surface area contributed by atoms with E-state index >= 15 is 0 Å². The lowest BCUT2D eigenvalue weighted by Gasteiger charge is -2.27. The standard InChI is InChI=1S/C10H10F2N2O2/c11-6-2-3-7(13)9(8(6)12)14-4-1-5-16-10(14)15/h2-3H,1,4-5,13H2. The summed E-state index contributed by atoms with van der Waals surface area (Å²) in [7, 11) is 0. The molecule has 2 rings (SSSR count). The summed E-state index contributed by atoms with van der Waals surface area (Å²) in [6.45, 7) is 0.551. The van der Waals surface area contributed by atoms with Crippen molar-refractivity contribution in [3.8, 4) is 0 Å². The zero-order valence-electron chi connectivity index (χ0n) is 8.37. The molecule has 1 saturated heterocycles. The summed E-state index contributed by atoms with van der Waals surface area (Å²) >= 11 is 0. The van der Waals surface area contributed by atoms with Gasteiger partial charge in [-0.1, -0.05) is 0 Å². The van der Waals surface area contributed by atoms with Gasteiger partial charge in [0, 0.05) is 6.54 Å². The second-order valence-electron chi connectivity index (χ2n) is 3.42. The highest BCUT2D eigenvalue weighted by Gasteiger charge is 2.27. The van der Waals surface area contributed by atoms with E-state index in [1.165, 1.54) is 6.07 Å². The molecule has 1 amide bonds. The van der Waals surface area contributed by atoms with Crippen LogP contribution in [-0.2, 0) is 4.74 Å². The molecule has 2 N–H and O–H groups in total. The van der Waals surface area contributed by atoms with Gasteiger partial charge in [-0.05, 0) is 18.6 Å². The van der Waals surface area contributed by atoms with E-state index in [0.29, 0.717) is 6.42 Å². The van der Waals surface area contributed by atoms with Crippen LogP contribution in [0.4, 0.5) is 25.0 Å². The number of carbonyl (C=O) groups is 1. The summed E-state index contributed by atoms with van der Waals surface area (Å²) < 4.78 is 31.3. The molecule has 0 unspecified atom stereocenters. The number of carbonyl (C=O) groups excluding carboxylic acids is 1. The fourth-order valence-corrected chi connectivity index (χ4v) is 1.58. The largest absolute Gasteiger partial charge is 0.449 e. The first-order valence-electron chi connectivity index (χ1n) is 4.79. The molecule has 0 atom stereocenters. The van der Waals surface area contributed by atoms with Crippen molar-refractivity contribution in [2.45, 2.75) is 6.42 Å². The van der Waals surface area contributed by atoms with Crippen LogP contribution in [0.15, 0.2) is 12.1 Å². The highest BCUT2D eigenvalue weighted by molar-refractivity contribution is 5.92. The number of amides is 1. The Kier molecular flexibility index (Phi) is 2.64. The molecule has 16 heavy (non-hydrogen) atoms. The van der Waals surface area contributed by atoms with Gasteiger partial charge < -0.3 is 10.5 Å². The van der Waals surface area contributed by atoms with Crippen LogP contribution in [-0.4, -0.2) is 19.2 Å². The summed E-state index contributed by atoms with van der Waals surface area (Å²) in [5.41, 5.74) is 5.29. The maximum Gasteiger partial charge on any atom is 0.414 e. The zero-order valence-corrected chi connectivity index (χ0v) is 8.37. The smallest absolute Gasteiger partial charge is 0.414 e. The first-order chi connectivity index (χ1) is 7.61. The molecule has 86 valence electrons. The van der Waals surface area contributed by atoms with Gasteiger partial charge in [-0.15, -0.1) is 0 Å². The molecule has 0 bridgehead atoms. The summed E-state index contributed by atoms with van der Waals surface area (Å²) in [6.07, 6.45) is -0.149. The Morgan fingerprint density at radius 1 is 1.38 bits per heavy atom. The maximum atomic E-state index is 13.5. The lowest BCUT2D eigenvalue weighted by atomic mass is 10.2. The quantitative estimate of drug-likeness (QED) is 0.747. The highest BCUT2D eigenvalue weighted by atomic mass is 19.2. The molecule has 4 nitrogen and oxygen atoms in total. The third-order valence-corrected chi connectivity index (χ3v) is 2.34. The number of nitrogen functional groups attached to an aromatic ring is 1. The van der Waals surface area contributed by atoms with Crippen molar-refractivity contribution in [2.24, 2.45) is 0 Å². The van der Waals surface area contributed by atoms with Crippen molar-refractivity contribution in [3.05, 3.63) is 23.8 Å². The van der Waals surface area contributed by atoms with E-state index < -0.39 is 17.7 Å². The molecule has 0 radical (unpaired) electrons. The van der Waals surface area contributed by atoms with Crippen LogP contribution >= 0.6 is 0 Å². The lowest BCUT2D eigenvalue weighted by molar-refractivity contribution is 0.140. The number of anilines is 2. The molecule has 1 aromatic carbocycles. The molecular weight excluding hydrogens is 218 g/mol. The Morgan fingerprint density at radius 3 is 2.81 bits per heavy atom. The summed E-state index contributed by atoms with van der Waals surface area (Å²) in [6, 6.07) is 2.14. The van der Waals surface area contributed by atoms with Gasteiger partial charge in [-0.2, -0.15) is 0 Å². The van der Waals surface area contributed by atoms with E-state index in [2.05, 4.69) is 0 Å². The number of nitrogens with two attached hydrogens (primary N) is 1. The molecular formula is C10H10F2N2O2. The second kappa shape index (κ2) is 3.96. The van der Waals surface area contributed by atoms with Crippen LogP contribution < -0.4 is 10.6 Å². The first-order valence-corrected chi connectivity index (χ1v) is 4.79. The Morgan fingerprint density at radius 2 is 2.12 bits per heavy atom. The van der Waals surface area contributed by atoms with Gasteiger partial charge in [-0.25, -0.2) is 13.6 Å². The van der Waals surface area contributed by atoms with E-state index in [9.17, 15) is 13.6 Å². The fourth-order valence-electron chi connectivity index (χ4n) is 1.58. The Bertz CT molecular complexity index is 437. The summed E-state index contributed by atoms with van der Waals surface area (Å²) in [4.78, 5) is 12.4. The maximum absolute atomic E-state index is 13.5. The molecule has 1 aliphatic rings. The zero-order chi connectivity index (χ0) is 11.7. The van der Waals surface area contributed by atoms with E-state index in [1.54, 1.807) is 0 Å². The minimum Gasteiger partial charge on any atom is -0.449 e. The van der Waals surface area contributed by atoms with E-state index in [4.69, 9.17) is 10.5 Å². The highest BCUT2D eigenvalue weighted by Crippen LogP contribution is 2.30. The predicted molar refractivity (Wildman–Crippen MR) is 54.1 cm³/mol. The van der Waals surface area contributed by atoms with E-state index in [1.807, 2.05) is 0 Å². The molecule has 1 fully saturated rings. The third kappa shape index (κ3) is 1.66. The Hall–Kier alpha value is -1.85. The number of ether oxygens (including phenoxy) is 1. The lowest BCUT2D eigenvalue weighted by Crippen LogP contribution is -2.38. The normalized spacial score (nSPS) is 16.1. The minimum absolute atomic E-state index is 0.0118. The number of rotatable bonds is 1. The molecule has 1 aliphatic heterocycles. The van der Waals surface area contributed by atoms with Gasteiger partial charge >= 0.3 is 6.09 Å². The summed E-state index contributed by atoms with van der Waals surface area (Å²) in [5, 5.41) is 0. The number of halogens is 2. The third-order valence-electron chi connectivity index (χ3n) is 2.34. The first kappa shape index (κ1) is 10.7. The fraction of sp³-hybridized carbons (Fsp3) is 0.300. The number of hydrogen-bond acceptors (Lipinski definition) is 3. The summed E-state index contributed by atoms with van der Waals surface area (Å²) in [5.74, 6) is -2.17. The van der Waals surface area contributed by atoms with Crippen LogP contribution in [0.3, 0.4) is 0 Å². The van der Waals surface area contributed by atoms with Crippen molar-refractivity contribution in [2.75, 3.05) is 23.8 Å². The number of benzene rings is 1. The van der Waals surface area contributed by atoms with E-state index in [0.717, 1.165) is 11.0 Å². The monoisotopic (exact) mass is 228 g/mol. The number of nitrogens with zero attached hydrogens (tertiary/aromatic N) is 1. The molecule has 0 spiro atoms. The van der Waals surface area contributed by atoms with Crippen LogP contribution in [0, 0.1) is 11.6 Å². The molecule has 0 aromatic heterocycles. The molecule has 1 aromatic rings. The van der Waals surface area contributed by atoms with Crippen LogP contribution in [0.5, 0.6) is 0 Å². The average molecular weight is 228 g/mol. The van der Waals surface area contributed by atoms with Gasteiger partial charge in [-0.3, -0.25) is 4.90 Å². The Labute approximate surface area is 90.6 Å². The van der Waals surface area contributed by atoms with Crippen molar-refractivity contribution in [1.82, 2.24) is 0 Å². The average Bonchev–Trinajstić information content (AvgIpc) is 2.27. The van der Waals surface area contributed by atoms with Crippen molar-refractivity contribution in [3.63, 3.8) is 0 Å². The van der Waals surface area contributed by atoms with Gasteiger partial charge in [0.25, 0.3) is 0 Å². The van der Waals surface area contributed by atoms with Crippen LogP contribution in [0.2, 0.25) is 0 Å². The topological polar surface area (TPSA) is 55.6 Å². The molecule has 0 saturated carbocycles. The van der Waals surface area contributed by atoms with Crippen molar-refractivity contribution in [1.29, 1.82) is 0 Å². The van der Waals surface area contributed by atoms with Gasteiger partial charge in [0.2, 0.25) is 0 Å². The second-order valence-corrected chi connectivity index (χ2v) is 3.42. The van der Waals surface area contributed by atoms with Gasteiger partial charge in [0.05, 0.1) is 12.3 Å². The van der Waals surface area contributed by atoms with Crippen molar-refractivity contribution >= 4 is 17.5 Å². The van der Waals surface area contributed by atoms with Crippen LogP contribution in [0.25, 0.3) is 0 Å². The molecule has 1 heterocycles.